The minimum atomic E-state index is -0.239. The second-order valence-corrected chi connectivity index (χ2v) is 4.78. The molecule has 2 rings (SSSR count). The van der Waals surface area contributed by atoms with Gasteiger partial charge < -0.3 is 5.32 Å². The van der Waals surface area contributed by atoms with E-state index >= 15 is 0 Å². The maximum absolute atomic E-state index is 11.9. The van der Waals surface area contributed by atoms with Gasteiger partial charge in [0.25, 0.3) is 0 Å². The molecule has 0 atom stereocenters. The van der Waals surface area contributed by atoms with Crippen LogP contribution in [0.25, 0.3) is 0 Å². The highest BCUT2D eigenvalue weighted by Crippen LogP contribution is 2.18. The molecule has 0 saturated carbocycles. The number of anilines is 1. The average molecular weight is 299 g/mol. The van der Waals surface area contributed by atoms with E-state index in [0.717, 1.165) is 16.8 Å². The molecule has 1 N–H and O–H groups in total. The van der Waals surface area contributed by atoms with Gasteiger partial charge in [-0.3, -0.25) is 4.79 Å². The molecule has 7 heteroatoms. The minimum absolute atomic E-state index is 0.0181. The molecule has 0 spiro atoms. The first-order chi connectivity index (χ1) is 8.97. The largest absolute Gasteiger partial charge is 0.324 e. The number of amides is 1. The molecule has 1 aromatic heterocycles. The van der Waals surface area contributed by atoms with Gasteiger partial charge >= 0.3 is 0 Å². The number of nitrogens with zero attached hydrogens (tertiary/aromatic N) is 3. The summed E-state index contributed by atoms with van der Waals surface area (Å²) in [6.07, 6.45) is 0. The highest BCUT2D eigenvalue weighted by Gasteiger charge is 2.11. The summed E-state index contributed by atoms with van der Waals surface area (Å²) < 4.78 is 1.24. The second-order valence-electron chi connectivity index (χ2n) is 4.10. The number of aryl methyl sites for hydroxylation is 1. The van der Waals surface area contributed by atoms with E-state index in [0.29, 0.717) is 0 Å². The Labute approximate surface area is 120 Å². The number of rotatable bonds is 3. The summed E-state index contributed by atoms with van der Waals surface area (Å²) in [6.45, 7) is 3.90. The predicted molar refractivity (Wildman–Crippen MR) is 74.6 cm³/mol. The van der Waals surface area contributed by atoms with Crippen LogP contribution in [0, 0.1) is 13.8 Å². The molecule has 1 heterocycles. The molecule has 0 unspecified atom stereocenters. The maximum Gasteiger partial charge on any atom is 0.246 e. The molecule has 5 nitrogen and oxygen atoms in total. The predicted octanol–water partition coefficient (Wildman–Crippen LogP) is 2.84. The third kappa shape index (κ3) is 3.24. The van der Waals surface area contributed by atoms with E-state index in [1.807, 2.05) is 32.0 Å². The van der Waals surface area contributed by atoms with Crippen LogP contribution in [0.5, 0.6) is 0 Å². The Morgan fingerprint density at radius 3 is 2.74 bits per heavy atom. The van der Waals surface area contributed by atoms with Gasteiger partial charge in [0.2, 0.25) is 16.5 Å². The molecular formula is C12H12Cl2N4O. The van der Waals surface area contributed by atoms with E-state index in [9.17, 15) is 4.79 Å². The lowest BCUT2D eigenvalue weighted by Crippen LogP contribution is -2.20. The molecule has 19 heavy (non-hydrogen) atoms. The highest BCUT2D eigenvalue weighted by molar-refractivity contribution is 6.31. The number of hydrogen-bond acceptors (Lipinski definition) is 3. The van der Waals surface area contributed by atoms with Gasteiger partial charge in [-0.05, 0) is 54.2 Å². The fourth-order valence-electron chi connectivity index (χ4n) is 1.61. The number of halogens is 2. The number of benzene rings is 1. The van der Waals surface area contributed by atoms with Crippen LogP contribution in [-0.4, -0.2) is 20.7 Å². The van der Waals surface area contributed by atoms with Crippen LogP contribution in [-0.2, 0) is 11.3 Å². The van der Waals surface area contributed by atoms with E-state index in [1.54, 1.807) is 0 Å². The SMILES string of the molecule is Cc1cccc(NC(=O)Cn2nc(Cl)nc2Cl)c1C. The van der Waals surface area contributed by atoms with E-state index in [4.69, 9.17) is 23.2 Å². The summed E-state index contributed by atoms with van der Waals surface area (Å²) in [5.74, 6) is -0.239. The molecule has 0 fully saturated rings. The van der Waals surface area contributed by atoms with E-state index < -0.39 is 0 Å². The standard InChI is InChI=1S/C12H12Cl2N4O/c1-7-4-3-5-9(8(7)2)15-10(19)6-18-12(14)16-11(13)17-18/h3-5H,6H2,1-2H3,(H,15,19). The molecule has 2 aromatic rings. The van der Waals surface area contributed by atoms with Crippen molar-refractivity contribution in [2.45, 2.75) is 20.4 Å². The third-order valence-electron chi connectivity index (χ3n) is 2.77. The highest BCUT2D eigenvalue weighted by atomic mass is 35.5. The van der Waals surface area contributed by atoms with Crippen molar-refractivity contribution in [3.8, 4) is 0 Å². The van der Waals surface area contributed by atoms with Gasteiger partial charge in [0.1, 0.15) is 6.54 Å². The summed E-state index contributed by atoms with van der Waals surface area (Å²) in [4.78, 5) is 15.6. The van der Waals surface area contributed by atoms with Crippen LogP contribution in [0.15, 0.2) is 18.2 Å². The van der Waals surface area contributed by atoms with Crippen LogP contribution in [0.3, 0.4) is 0 Å². The first kappa shape index (κ1) is 13.8. The third-order valence-corrected chi connectivity index (χ3v) is 3.21. The van der Waals surface area contributed by atoms with Crippen molar-refractivity contribution in [3.63, 3.8) is 0 Å². The van der Waals surface area contributed by atoms with Gasteiger partial charge in [-0.1, -0.05) is 12.1 Å². The second kappa shape index (κ2) is 5.59. The lowest BCUT2D eigenvalue weighted by molar-refractivity contribution is -0.116. The van der Waals surface area contributed by atoms with Crippen molar-refractivity contribution in [2.75, 3.05) is 5.32 Å². The fraction of sp³-hybridized carbons (Fsp3) is 0.250. The summed E-state index contributed by atoms with van der Waals surface area (Å²) in [5, 5.41) is 6.72. The Hall–Kier alpha value is -1.59. The monoisotopic (exact) mass is 298 g/mol. The van der Waals surface area contributed by atoms with E-state index in [1.165, 1.54) is 4.68 Å². The Morgan fingerprint density at radius 1 is 1.37 bits per heavy atom. The Morgan fingerprint density at radius 2 is 2.11 bits per heavy atom. The van der Waals surface area contributed by atoms with Crippen molar-refractivity contribution in [3.05, 3.63) is 39.9 Å². The summed E-state index contributed by atoms with van der Waals surface area (Å²) >= 11 is 11.4. The zero-order valence-corrected chi connectivity index (χ0v) is 12.0. The van der Waals surface area contributed by atoms with Gasteiger partial charge in [-0.15, -0.1) is 5.10 Å². The van der Waals surface area contributed by atoms with Crippen LogP contribution >= 0.6 is 23.2 Å². The molecule has 0 aliphatic heterocycles. The van der Waals surface area contributed by atoms with Gasteiger partial charge in [-0.25, -0.2) is 4.68 Å². The maximum atomic E-state index is 11.9. The zero-order valence-electron chi connectivity index (χ0n) is 10.4. The quantitative estimate of drug-likeness (QED) is 0.948. The fourth-order valence-corrected chi connectivity index (χ4v) is 2.00. The molecule has 0 bridgehead atoms. The summed E-state index contributed by atoms with van der Waals surface area (Å²) in [6, 6.07) is 5.71. The van der Waals surface area contributed by atoms with Crippen LogP contribution < -0.4 is 5.32 Å². The molecular weight excluding hydrogens is 287 g/mol. The molecule has 0 aliphatic rings. The zero-order chi connectivity index (χ0) is 14.0. The van der Waals surface area contributed by atoms with Gasteiger partial charge in [0.05, 0.1) is 0 Å². The van der Waals surface area contributed by atoms with Crippen molar-refractivity contribution in [1.82, 2.24) is 14.8 Å². The minimum Gasteiger partial charge on any atom is -0.324 e. The smallest absolute Gasteiger partial charge is 0.246 e. The van der Waals surface area contributed by atoms with Gasteiger partial charge in [0, 0.05) is 5.69 Å². The molecule has 0 aliphatic carbocycles. The van der Waals surface area contributed by atoms with Crippen molar-refractivity contribution >= 4 is 34.8 Å². The molecule has 0 radical (unpaired) electrons. The Bertz CT molecular complexity index is 624. The molecule has 0 saturated heterocycles. The van der Waals surface area contributed by atoms with Crippen molar-refractivity contribution in [2.24, 2.45) is 0 Å². The summed E-state index contributed by atoms with van der Waals surface area (Å²) in [7, 11) is 0. The topological polar surface area (TPSA) is 59.8 Å². The van der Waals surface area contributed by atoms with Gasteiger partial charge in [-0.2, -0.15) is 4.98 Å². The number of aromatic nitrogens is 3. The van der Waals surface area contributed by atoms with Crippen LogP contribution in [0.2, 0.25) is 10.6 Å². The van der Waals surface area contributed by atoms with E-state index in [-0.39, 0.29) is 23.0 Å². The van der Waals surface area contributed by atoms with E-state index in [2.05, 4.69) is 15.4 Å². The van der Waals surface area contributed by atoms with Crippen LogP contribution in [0.1, 0.15) is 11.1 Å². The van der Waals surface area contributed by atoms with Crippen molar-refractivity contribution in [1.29, 1.82) is 0 Å². The first-order valence-electron chi connectivity index (χ1n) is 5.59. The van der Waals surface area contributed by atoms with Crippen molar-refractivity contribution < 1.29 is 4.79 Å². The Kier molecular flexibility index (Phi) is 4.07. The molecule has 1 aromatic carbocycles. The average Bonchev–Trinajstić information content (AvgIpc) is 2.64. The Balaban J connectivity index is 2.10. The summed E-state index contributed by atoms with van der Waals surface area (Å²) in [5.41, 5.74) is 2.91. The number of nitrogens with one attached hydrogen (secondary N) is 1. The lowest BCUT2D eigenvalue weighted by Gasteiger charge is -2.10. The number of carbonyl (C=O) groups excluding carboxylic acids is 1. The first-order valence-corrected chi connectivity index (χ1v) is 6.35. The van der Waals surface area contributed by atoms with Crippen LogP contribution in [0.4, 0.5) is 5.69 Å². The molecule has 1 amide bonds. The normalized spacial score (nSPS) is 10.5. The number of hydrogen-bond donors (Lipinski definition) is 1. The lowest BCUT2D eigenvalue weighted by atomic mass is 10.1. The molecule has 100 valence electrons. The number of carbonyl (C=O) groups is 1. The van der Waals surface area contributed by atoms with Gasteiger partial charge in [0.15, 0.2) is 0 Å².